The molecule has 2 aromatic heterocycles. The molecule has 0 N–H and O–H groups in total. The number of hydrogen-bond acceptors (Lipinski definition) is 0. The summed E-state index contributed by atoms with van der Waals surface area (Å²) in [6, 6.07) is 106. The van der Waals surface area contributed by atoms with Crippen LogP contribution in [-0.2, 0) is 16.2 Å². The fourth-order valence-electron chi connectivity index (χ4n) is 16.9. The lowest BCUT2D eigenvalue weighted by Crippen LogP contribution is -2.16. The van der Waals surface area contributed by atoms with Crippen LogP contribution in [0.2, 0.25) is 0 Å². The first-order chi connectivity index (χ1) is 44.4. The van der Waals surface area contributed by atoms with Crippen molar-refractivity contribution in [1.82, 2.24) is 9.13 Å². The number of rotatable bonds is 6. The summed E-state index contributed by atoms with van der Waals surface area (Å²) < 4.78 is 4.90. The van der Waals surface area contributed by atoms with Crippen molar-refractivity contribution in [3.8, 4) is 89.3 Å². The molecule has 2 nitrogen and oxygen atoms in total. The molecule has 3 aliphatic carbocycles. The smallest absolute Gasteiger partial charge is 0.0541 e. The van der Waals surface area contributed by atoms with Crippen LogP contribution in [0.4, 0.5) is 0 Å². The first kappa shape index (κ1) is 52.2. The van der Waals surface area contributed by atoms with Gasteiger partial charge in [-0.05, 0) is 207 Å². The minimum atomic E-state index is -0.191. The average molecular weight is 1160 g/mol. The van der Waals surface area contributed by atoms with Crippen LogP contribution < -0.4 is 0 Å². The summed E-state index contributed by atoms with van der Waals surface area (Å²) in [6.07, 6.45) is 0. The third-order valence-corrected chi connectivity index (χ3v) is 21.7. The van der Waals surface area contributed by atoms with Gasteiger partial charge >= 0.3 is 0 Å². The number of benzene rings is 14. The second-order valence-electron chi connectivity index (χ2n) is 27.6. The quantitative estimate of drug-likeness (QED) is 0.157. The van der Waals surface area contributed by atoms with Crippen LogP contribution in [0.1, 0.15) is 74.9 Å². The monoisotopic (exact) mass is 1160 g/mol. The standard InChI is InChI=1S/C89H64N2/c1-87(2)75-47-57(55-35-43-85-73(45-55)71-23-11-13-25-83(71)90(85)81-27-15-19-53-17-7-9-21-63(53)81)29-37-65(75)67-39-31-59(49-77(67)87)61-33-41-69-70-42-34-62(52-80(70)89(5,6)79(69)51-61)60-32-40-68-66-38-30-58(48-76(66)88(3,4)78(68)50-60)56-36-44-86-74(46-56)72-24-12-14-26-84(72)91(86)82-28-16-20-54-18-8-10-22-64(54)82/h7-52H,1-6H3. The third-order valence-electron chi connectivity index (χ3n) is 21.7. The molecule has 0 saturated carbocycles. The van der Waals surface area contributed by atoms with E-state index in [1.165, 1.54) is 188 Å². The molecule has 0 fully saturated rings. The minimum absolute atomic E-state index is 0.188. The van der Waals surface area contributed by atoms with Crippen LogP contribution in [0.25, 0.3) is 154 Å². The highest BCUT2D eigenvalue weighted by atomic mass is 15.0. The second-order valence-corrected chi connectivity index (χ2v) is 27.6. The van der Waals surface area contributed by atoms with Crippen LogP contribution in [0.3, 0.4) is 0 Å². The highest BCUT2D eigenvalue weighted by molar-refractivity contribution is 6.13. The summed E-state index contributed by atoms with van der Waals surface area (Å²) in [6.45, 7) is 14.5. The zero-order valence-corrected chi connectivity index (χ0v) is 52.0. The molecule has 0 amide bonds. The van der Waals surface area contributed by atoms with E-state index >= 15 is 0 Å². The van der Waals surface area contributed by atoms with Gasteiger partial charge in [-0.3, -0.25) is 0 Å². The number of para-hydroxylation sites is 2. The molecular formula is C89H64N2. The van der Waals surface area contributed by atoms with Crippen LogP contribution >= 0.6 is 0 Å². The van der Waals surface area contributed by atoms with Crippen LogP contribution in [0.5, 0.6) is 0 Å². The van der Waals surface area contributed by atoms with Gasteiger partial charge in [-0.1, -0.05) is 236 Å². The molecule has 14 aromatic carbocycles. The molecule has 0 aliphatic heterocycles. The van der Waals surface area contributed by atoms with Gasteiger partial charge in [-0.2, -0.15) is 0 Å². The minimum Gasteiger partial charge on any atom is -0.309 e. The molecule has 2 heteroatoms. The first-order valence-corrected chi connectivity index (χ1v) is 32.3. The molecule has 3 aliphatic rings. The highest BCUT2D eigenvalue weighted by Crippen LogP contribution is 2.55. The average Bonchev–Trinajstić information content (AvgIpc) is 1.61. The van der Waals surface area contributed by atoms with Crippen molar-refractivity contribution in [3.63, 3.8) is 0 Å². The molecule has 16 aromatic rings. The Morgan fingerprint density at radius 3 is 0.758 bits per heavy atom. The lowest BCUT2D eigenvalue weighted by atomic mass is 9.79. The summed E-state index contributed by atoms with van der Waals surface area (Å²) in [5.41, 5.74) is 33.1. The van der Waals surface area contributed by atoms with Crippen LogP contribution in [-0.4, -0.2) is 9.13 Å². The molecular weight excluding hydrogens is 1100 g/mol. The molecule has 0 saturated heterocycles. The normalized spacial score (nSPS) is 14.5. The maximum Gasteiger partial charge on any atom is 0.0541 e. The summed E-state index contributed by atoms with van der Waals surface area (Å²) in [5.74, 6) is 0. The van der Waals surface area contributed by atoms with E-state index < -0.39 is 0 Å². The van der Waals surface area contributed by atoms with Crippen molar-refractivity contribution in [2.24, 2.45) is 0 Å². The fraction of sp³-hybridized carbons (Fsp3) is 0.101. The van der Waals surface area contributed by atoms with Gasteiger partial charge in [-0.15, -0.1) is 0 Å². The molecule has 0 spiro atoms. The zero-order chi connectivity index (χ0) is 60.8. The third kappa shape index (κ3) is 7.36. The Morgan fingerprint density at radius 2 is 0.440 bits per heavy atom. The van der Waals surface area contributed by atoms with Crippen molar-refractivity contribution >= 4 is 65.2 Å². The second kappa shape index (κ2) is 18.6. The Morgan fingerprint density at radius 1 is 0.198 bits per heavy atom. The van der Waals surface area contributed by atoms with Crippen molar-refractivity contribution < 1.29 is 0 Å². The van der Waals surface area contributed by atoms with Crippen molar-refractivity contribution in [1.29, 1.82) is 0 Å². The van der Waals surface area contributed by atoms with E-state index in [2.05, 4.69) is 330 Å². The van der Waals surface area contributed by atoms with Crippen LogP contribution in [0.15, 0.2) is 279 Å². The van der Waals surface area contributed by atoms with Crippen molar-refractivity contribution in [2.75, 3.05) is 0 Å². The van der Waals surface area contributed by atoms with E-state index in [-0.39, 0.29) is 16.2 Å². The highest BCUT2D eigenvalue weighted by Gasteiger charge is 2.40. The number of aromatic nitrogens is 2. The summed E-state index contributed by atoms with van der Waals surface area (Å²) in [5, 5.41) is 10.1. The van der Waals surface area contributed by atoms with E-state index in [9.17, 15) is 0 Å². The molecule has 0 radical (unpaired) electrons. The van der Waals surface area contributed by atoms with Gasteiger partial charge in [0.15, 0.2) is 0 Å². The van der Waals surface area contributed by atoms with E-state index in [1.807, 2.05) is 0 Å². The van der Waals surface area contributed by atoms with E-state index in [0.29, 0.717) is 0 Å². The van der Waals surface area contributed by atoms with E-state index in [0.717, 1.165) is 0 Å². The first-order valence-electron chi connectivity index (χ1n) is 32.3. The maximum absolute atomic E-state index is 2.49. The zero-order valence-electron chi connectivity index (χ0n) is 52.0. The Hall–Kier alpha value is -10.8. The fourth-order valence-corrected chi connectivity index (χ4v) is 16.9. The topological polar surface area (TPSA) is 9.86 Å². The van der Waals surface area contributed by atoms with Gasteiger partial charge in [-0.25, -0.2) is 0 Å². The Balaban J connectivity index is 0.606. The van der Waals surface area contributed by atoms with Gasteiger partial charge in [0.05, 0.1) is 33.4 Å². The molecule has 0 bridgehead atoms. The van der Waals surface area contributed by atoms with Gasteiger partial charge in [0.25, 0.3) is 0 Å². The van der Waals surface area contributed by atoms with E-state index in [1.54, 1.807) is 0 Å². The lowest BCUT2D eigenvalue weighted by Gasteiger charge is -2.24. The molecule has 2 heterocycles. The Bertz CT molecular complexity index is 5500. The SMILES string of the molecule is CC1(C)c2cc(-c3ccc4c(c3)C(C)(C)c3cc(-c5ccc6c(c5)c5ccccc5n6-c5cccc6ccccc56)ccc3-4)ccc2-c2ccc(-c3ccc4c(c3)C(C)(C)c3cc(-c5ccc6c(c5)c5ccccc5n6-c5cccc6ccccc56)ccc3-4)cc21. The molecule has 19 rings (SSSR count). The molecule has 0 unspecified atom stereocenters. The predicted molar refractivity (Wildman–Crippen MR) is 385 cm³/mol. The molecule has 0 atom stereocenters. The van der Waals surface area contributed by atoms with Gasteiger partial charge in [0, 0.05) is 48.6 Å². The lowest BCUT2D eigenvalue weighted by molar-refractivity contribution is 0.659. The number of hydrogen-bond donors (Lipinski definition) is 0. The predicted octanol–water partition coefficient (Wildman–Crippen LogP) is 23.8. The van der Waals surface area contributed by atoms with Gasteiger partial charge in [0.1, 0.15) is 0 Å². The van der Waals surface area contributed by atoms with Crippen molar-refractivity contribution in [2.45, 2.75) is 57.8 Å². The Labute approximate surface area is 530 Å². The largest absolute Gasteiger partial charge is 0.309 e. The Kier molecular flexibility index (Phi) is 10.7. The maximum atomic E-state index is 2.49. The van der Waals surface area contributed by atoms with E-state index in [4.69, 9.17) is 0 Å². The summed E-state index contributed by atoms with van der Waals surface area (Å²) in [4.78, 5) is 0. The summed E-state index contributed by atoms with van der Waals surface area (Å²) >= 11 is 0. The van der Waals surface area contributed by atoms with Crippen molar-refractivity contribution in [3.05, 3.63) is 312 Å². The number of nitrogens with zero attached hydrogens (tertiary/aromatic N) is 2. The number of fused-ring (bicyclic) bond motifs is 17. The van der Waals surface area contributed by atoms with Crippen LogP contribution in [0, 0.1) is 0 Å². The van der Waals surface area contributed by atoms with Gasteiger partial charge in [0.2, 0.25) is 0 Å². The molecule has 91 heavy (non-hydrogen) atoms. The van der Waals surface area contributed by atoms with Gasteiger partial charge < -0.3 is 9.13 Å². The molecule has 430 valence electrons. The summed E-state index contributed by atoms with van der Waals surface area (Å²) in [7, 11) is 0.